The first-order chi connectivity index (χ1) is 12.8. The minimum absolute atomic E-state index is 0.0985. The fourth-order valence-electron chi connectivity index (χ4n) is 2.50. The lowest BCUT2D eigenvalue weighted by Gasteiger charge is -2.04. The molecule has 27 heavy (non-hydrogen) atoms. The number of nitrogens with one attached hydrogen (secondary N) is 2. The van der Waals surface area contributed by atoms with Gasteiger partial charge in [-0.3, -0.25) is 5.32 Å². The first kappa shape index (κ1) is 19.7. The van der Waals surface area contributed by atoms with Gasteiger partial charge in [0.1, 0.15) is 4.21 Å². The summed E-state index contributed by atoms with van der Waals surface area (Å²) < 4.78 is 33.1. The third-order valence-corrected chi connectivity index (χ3v) is 7.90. The van der Waals surface area contributed by atoms with E-state index in [0.29, 0.717) is 18.2 Å². The lowest BCUT2D eigenvalue weighted by molar-refractivity contribution is 0.203. The number of hydrogen-bond acceptors (Lipinski definition) is 7. The molecule has 10 heteroatoms. The van der Waals surface area contributed by atoms with Crippen LogP contribution in [0.1, 0.15) is 16.0 Å². The molecular formula is C17H19N3O4S3. The number of sulfonamides is 1. The monoisotopic (exact) mass is 425 g/mol. The number of methoxy groups -OCH3 is 1. The molecule has 2 aromatic heterocycles. The lowest BCUT2D eigenvalue weighted by atomic mass is 10.2. The van der Waals surface area contributed by atoms with E-state index in [0.717, 1.165) is 37.6 Å². The van der Waals surface area contributed by atoms with Crippen LogP contribution in [0.5, 0.6) is 0 Å². The summed E-state index contributed by atoms with van der Waals surface area (Å²) in [6.45, 7) is 4.27. The molecule has 3 aromatic rings. The van der Waals surface area contributed by atoms with Gasteiger partial charge in [-0.25, -0.2) is 22.9 Å². The summed E-state index contributed by atoms with van der Waals surface area (Å²) in [5.74, 6) is 0. The van der Waals surface area contributed by atoms with Gasteiger partial charge in [-0.1, -0.05) is 23.5 Å². The second kappa shape index (κ2) is 7.93. The number of amides is 2. The van der Waals surface area contributed by atoms with Crippen LogP contribution in [0.25, 0.3) is 10.2 Å². The Hall–Kier alpha value is -2.01. The van der Waals surface area contributed by atoms with Crippen LogP contribution < -0.4 is 10.0 Å². The fraction of sp³-hybridized carbons (Fsp3) is 0.294. The molecule has 0 saturated carbocycles. The summed E-state index contributed by atoms with van der Waals surface area (Å²) in [5, 5.41) is 2.85. The molecule has 0 spiro atoms. The number of anilines is 1. The number of aromatic nitrogens is 1. The zero-order valence-electron chi connectivity index (χ0n) is 15.0. The van der Waals surface area contributed by atoms with E-state index in [-0.39, 0.29) is 4.21 Å². The van der Waals surface area contributed by atoms with Crippen LogP contribution in [0.2, 0.25) is 0 Å². The Morgan fingerprint density at radius 3 is 2.70 bits per heavy atom. The molecule has 0 radical (unpaired) electrons. The topological polar surface area (TPSA) is 97.4 Å². The Labute approximate surface area is 165 Å². The third-order valence-electron chi connectivity index (χ3n) is 3.86. The molecule has 0 fully saturated rings. The molecule has 2 N–H and O–H groups in total. The first-order valence-corrected chi connectivity index (χ1v) is 11.2. The Kier molecular flexibility index (Phi) is 5.80. The molecule has 0 unspecified atom stereocenters. The number of nitrogens with zero attached hydrogens (tertiary/aromatic N) is 1. The standard InChI is InChI=1S/C17H19N3O4S3/c1-10-5-4-6-13-15(10)18-17(26-13)19-16(21)20-27(22,23)14-9-11(2)12(25-14)7-8-24-3/h4-6,9H,7-8H2,1-3H3,(H2,18,19,20,21). The number of urea groups is 1. The number of thiazole rings is 1. The number of para-hydroxylation sites is 1. The highest BCUT2D eigenvalue weighted by atomic mass is 32.2. The SMILES string of the molecule is COCCc1sc(S(=O)(=O)NC(=O)Nc2nc3c(C)cccc3s2)cc1C. The minimum Gasteiger partial charge on any atom is -0.384 e. The van der Waals surface area contributed by atoms with E-state index in [1.807, 2.05) is 36.8 Å². The van der Waals surface area contributed by atoms with Gasteiger partial charge < -0.3 is 4.74 Å². The molecule has 144 valence electrons. The van der Waals surface area contributed by atoms with E-state index in [4.69, 9.17) is 4.74 Å². The summed E-state index contributed by atoms with van der Waals surface area (Å²) in [7, 11) is -2.36. The van der Waals surface area contributed by atoms with Crippen molar-refractivity contribution in [3.63, 3.8) is 0 Å². The van der Waals surface area contributed by atoms with Crippen molar-refractivity contribution in [2.45, 2.75) is 24.5 Å². The zero-order valence-corrected chi connectivity index (χ0v) is 17.5. The molecular weight excluding hydrogens is 406 g/mol. The van der Waals surface area contributed by atoms with Crippen molar-refractivity contribution in [3.05, 3.63) is 40.3 Å². The summed E-state index contributed by atoms with van der Waals surface area (Å²) >= 11 is 2.43. The van der Waals surface area contributed by atoms with Gasteiger partial charge in [-0.2, -0.15) is 0 Å². The largest absolute Gasteiger partial charge is 0.384 e. The van der Waals surface area contributed by atoms with Gasteiger partial charge >= 0.3 is 6.03 Å². The fourth-order valence-corrected chi connectivity index (χ4v) is 5.91. The van der Waals surface area contributed by atoms with Crippen LogP contribution in [0.4, 0.5) is 9.93 Å². The van der Waals surface area contributed by atoms with Crippen LogP contribution in [0, 0.1) is 13.8 Å². The van der Waals surface area contributed by atoms with Crippen molar-refractivity contribution in [2.24, 2.45) is 0 Å². The normalized spacial score (nSPS) is 11.7. The smallest absolute Gasteiger partial charge is 0.334 e. The molecule has 0 saturated heterocycles. The van der Waals surface area contributed by atoms with Crippen molar-refractivity contribution < 1.29 is 17.9 Å². The van der Waals surface area contributed by atoms with Gasteiger partial charge in [0.05, 0.1) is 16.8 Å². The zero-order chi connectivity index (χ0) is 19.6. The molecule has 2 heterocycles. The van der Waals surface area contributed by atoms with Gasteiger partial charge in [0.25, 0.3) is 10.0 Å². The average molecular weight is 426 g/mol. The van der Waals surface area contributed by atoms with Crippen molar-refractivity contribution in [1.29, 1.82) is 0 Å². The van der Waals surface area contributed by atoms with E-state index in [1.165, 1.54) is 11.3 Å². The number of fused-ring (bicyclic) bond motifs is 1. The summed E-state index contributed by atoms with van der Waals surface area (Å²) in [6, 6.07) is 6.46. The van der Waals surface area contributed by atoms with Gasteiger partial charge in [0, 0.05) is 18.4 Å². The van der Waals surface area contributed by atoms with E-state index >= 15 is 0 Å². The molecule has 0 aliphatic heterocycles. The minimum atomic E-state index is -3.95. The predicted octanol–water partition coefficient (Wildman–Crippen LogP) is 3.67. The lowest BCUT2D eigenvalue weighted by Crippen LogP contribution is -2.33. The Bertz CT molecular complexity index is 1090. The van der Waals surface area contributed by atoms with Crippen LogP contribution in [0.3, 0.4) is 0 Å². The molecule has 1 aromatic carbocycles. The predicted molar refractivity (Wildman–Crippen MR) is 108 cm³/mol. The maximum absolute atomic E-state index is 12.5. The number of carbonyl (C=O) groups excluding carboxylic acids is 1. The summed E-state index contributed by atoms with van der Waals surface area (Å²) in [4.78, 5) is 17.4. The molecule has 0 atom stereocenters. The second-order valence-corrected chi connectivity index (χ2v) is 9.99. The Morgan fingerprint density at radius 1 is 1.22 bits per heavy atom. The molecule has 0 aliphatic rings. The number of ether oxygens (including phenoxy) is 1. The van der Waals surface area contributed by atoms with Gasteiger partial charge in [0.15, 0.2) is 5.13 Å². The van der Waals surface area contributed by atoms with Crippen LogP contribution in [-0.4, -0.2) is 33.1 Å². The van der Waals surface area contributed by atoms with Gasteiger partial charge in [-0.15, -0.1) is 11.3 Å². The number of carbonyl (C=O) groups is 1. The third kappa shape index (κ3) is 4.46. The number of benzene rings is 1. The number of rotatable bonds is 6. The van der Waals surface area contributed by atoms with Crippen LogP contribution in [-0.2, 0) is 21.2 Å². The maximum atomic E-state index is 12.5. The highest BCUT2D eigenvalue weighted by Gasteiger charge is 2.22. The number of hydrogen-bond donors (Lipinski definition) is 2. The molecule has 0 bridgehead atoms. The second-order valence-electron chi connectivity index (χ2n) is 5.91. The van der Waals surface area contributed by atoms with Crippen LogP contribution >= 0.6 is 22.7 Å². The Balaban J connectivity index is 1.73. The Morgan fingerprint density at radius 2 is 2.00 bits per heavy atom. The highest BCUT2D eigenvalue weighted by molar-refractivity contribution is 7.92. The highest BCUT2D eigenvalue weighted by Crippen LogP contribution is 2.28. The number of aryl methyl sites for hydroxylation is 2. The number of thiophene rings is 1. The molecule has 3 rings (SSSR count). The summed E-state index contributed by atoms with van der Waals surface area (Å²) in [5.41, 5.74) is 2.64. The quantitative estimate of drug-likeness (QED) is 0.628. The van der Waals surface area contributed by atoms with E-state index in [1.54, 1.807) is 13.2 Å². The molecule has 2 amide bonds. The van der Waals surface area contributed by atoms with Crippen molar-refractivity contribution in [2.75, 3.05) is 19.0 Å². The average Bonchev–Trinajstić information content (AvgIpc) is 3.17. The van der Waals surface area contributed by atoms with Crippen molar-refractivity contribution in [3.8, 4) is 0 Å². The van der Waals surface area contributed by atoms with Crippen molar-refractivity contribution >= 4 is 54.1 Å². The van der Waals surface area contributed by atoms with E-state index in [2.05, 4.69) is 10.3 Å². The first-order valence-electron chi connectivity index (χ1n) is 8.08. The van der Waals surface area contributed by atoms with E-state index in [9.17, 15) is 13.2 Å². The van der Waals surface area contributed by atoms with E-state index < -0.39 is 16.1 Å². The summed E-state index contributed by atoms with van der Waals surface area (Å²) in [6.07, 6.45) is 0.625. The maximum Gasteiger partial charge on any atom is 0.334 e. The van der Waals surface area contributed by atoms with Crippen LogP contribution in [0.15, 0.2) is 28.5 Å². The molecule has 7 nitrogen and oxygen atoms in total. The van der Waals surface area contributed by atoms with Gasteiger partial charge in [-0.05, 0) is 37.1 Å². The van der Waals surface area contributed by atoms with Gasteiger partial charge in [0.2, 0.25) is 0 Å². The molecule has 0 aliphatic carbocycles. The van der Waals surface area contributed by atoms with Crippen molar-refractivity contribution in [1.82, 2.24) is 9.71 Å².